The molecule has 1 atom stereocenters. The molecular formula is C21H21ClN4O5. The Bertz CT molecular complexity index is 1070. The molecule has 2 aromatic carbocycles. The fourth-order valence-corrected chi connectivity index (χ4v) is 3.50. The van der Waals surface area contributed by atoms with Gasteiger partial charge in [0.2, 0.25) is 5.91 Å². The van der Waals surface area contributed by atoms with Gasteiger partial charge in [0.25, 0.3) is 11.6 Å². The van der Waals surface area contributed by atoms with Crippen LogP contribution in [-0.2, 0) is 15.1 Å². The van der Waals surface area contributed by atoms with Crippen molar-refractivity contribution in [3.8, 4) is 0 Å². The van der Waals surface area contributed by atoms with Gasteiger partial charge in [-0.3, -0.25) is 24.6 Å². The number of halogens is 1. The molecule has 31 heavy (non-hydrogen) atoms. The van der Waals surface area contributed by atoms with Gasteiger partial charge in [0.1, 0.15) is 17.1 Å². The highest BCUT2D eigenvalue weighted by Crippen LogP contribution is 2.30. The Morgan fingerprint density at radius 2 is 1.87 bits per heavy atom. The quantitative estimate of drug-likeness (QED) is 0.399. The number of benzene rings is 2. The lowest BCUT2D eigenvalue weighted by Crippen LogP contribution is -2.42. The first-order valence-electron chi connectivity index (χ1n) is 9.51. The average Bonchev–Trinajstić information content (AvgIpc) is 2.93. The molecule has 0 bridgehead atoms. The summed E-state index contributed by atoms with van der Waals surface area (Å²) in [6, 6.07) is 10.4. The number of anilines is 1. The molecule has 4 amide bonds. The molecule has 0 radical (unpaired) electrons. The molecule has 1 aliphatic heterocycles. The second-order valence-electron chi connectivity index (χ2n) is 7.69. The second-order valence-corrected chi connectivity index (χ2v) is 8.10. The highest BCUT2D eigenvalue weighted by Gasteiger charge is 2.49. The fraction of sp³-hybridized carbons (Fsp3) is 0.286. The highest BCUT2D eigenvalue weighted by molar-refractivity contribution is 6.32. The lowest BCUT2D eigenvalue weighted by atomic mass is 9.90. The van der Waals surface area contributed by atoms with Crippen molar-refractivity contribution in [3.63, 3.8) is 0 Å². The summed E-state index contributed by atoms with van der Waals surface area (Å²) in [5, 5.41) is 16.0. The Labute approximate surface area is 183 Å². The van der Waals surface area contributed by atoms with Crippen LogP contribution in [0.5, 0.6) is 0 Å². The van der Waals surface area contributed by atoms with Crippen LogP contribution in [0.3, 0.4) is 0 Å². The number of imide groups is 1. The van der Waals surface area contributed by atoms with Gasteiger partial charge in [0.15, 0.2) is 0 Å². The van der Waals surface area contributed by atoms with E-state index in [2.05, 4.69) is 24.5 Å². The summed E-state index contributed by atoms with van der Waals surface area (Å²) in [5.41, 5.74) is 0.155. The van der Waals surface area contributed by atoms with Crippen molar-refractivity contribution in [3.05, 3.63) is 68.7 Å². The van der Waals surface area contributed by atoms with Crippen LogP contribution in [0.15, 0.2) is 42.5 Å². The van der Waals surface area contributed by atoms with Gasteiger partial charge in [-0.2, -0.15) is 0 Å². The van der Waals surface area contributed by atoms with Gasteiger partial charge in [-0.05, 0) is 36.1 Å². The lowest BCUT2D eigenvalue weighted by molar-refractivity contribution is -0.384. The molecule has 0 saturated carbocycles. The van der Waals surface area contributed by atoms with E-state index < -0.39 is 34.9 Å². The van der Waals surface area contributed by atoms with Crippen LogP contribution in [0.25, 0.3) is 0 Å². The summed E-state index contributed by atoms with van der Waals surface area (Å²) in [5.74, 6) is -0.925. The molecule has 2 aromatic rings. The number of carbonyl (C=O) groups is 3. The number of nitro benzene ring substituents is 1. The first-order valence-corrected chi connectivity index (χ1v) is 9.89. The summed E-state index contributed by atoms with van der Waals surface area (Å²) < 4.78 is 0. The maximum atomic E-state index is 13.0. The monoisotopic (exact) mass is 444 g/mol. The number of nitro groups is 1. The molecule has 1 saturated heterocycles. The van der Waals surface area contributed by atoms with Gasteiger partial charge in [0, 0.05) is 11.8 Å². The minimum Gasteiger partial charge on any atom is -0.324 e. The Balaban J connectivity index is 1.74. The van der Waals surface area contributed by atoms with E-state index in [0.29, 0.717) is 11.5 Å². The van der Waals surface area contributed by atoms with E-state index in [4.69, 9.17) is 11.6 Å². The summed E-state index contributed by atoms with van der Waals surface area (Å²) in [4.78, 5) is 49.0. The third kappa shape index (κ3) is 4.36. The molecule has 9 nitrogen and oxygen atoms in total. The van der Waals surface area contributed by atoms with Crippen molar-refractivity contribution in [2.24, 2.45) is 0 Å². The van der Waals surface area contributed by atoms with Gasteiger partial charge in [0.05, 0.1) is 4.92 Å². The Kier molecular flexibility index (Phi) is 5.99. The van der Waals surface area contributed by atoms with E-state index in [1.54, 1.807) is 19.1 Å². The molecule has 3 rings (SSSR count). The lowest BCUT2D eigenvalue weighted by Gasteiger charge is -2.22. The van der Waals surface area contributed by atoms with Crippen molar-refractivity contribution in [2.75, 3.05) is 11.9 Å². The van der Waals surface area contributed by atoms with Gasteiger partial charge in [-0.15, -0.1) is 0 Å². The van der Waals surface area contributed by atoms with E-state index in [-0.39, 0.29) is 16.4 Å². The Hall–Kier alpha value is -3.46. The molecule has 1 aliphatic rings. The van der Waals surface area contributed by atoms with E-state index in [1.807, 2.05) is 12.1 Å². The molecule has 0 aliphatic carbocycles. The predicted octanol–water partition coefficient (Wildman–Crippen LogP) is 3.78. The molecule has 0 aromatic heterocycles. The standard InChI is InChI=1S/C21H21ClN4O5/c1-12(2)13-4-6-14(7-5-13)21(3)19(28)25(20(29)24-21)11-18(27)23-15-8-9-16(22)17(10-15)26(30)31/h4-10,12H,11H2,1-3H3,(H,23,27)(H,24,29). The topological polar surface area (TPSA) is 122 Å². The van der Waals surface area contributed by atoms with Crippen molar-refractivity contribution in [1.82, 2.24) is 10.2 Å². The molecule has 10 heteroatoms. The average molecular weight is 445 g/mol. The number of amides is 4. The normalized spacial score (nSPS) is 18.3. The number of nitrogens with zero attached hydrogens (tertiary/aromatic N) is 2. The first kappa shape index (κ1) is 22.2. The maximum absolute atomic E-state index is 13.0. The molecule has 1 heterocycles. The zero-order valence-corrected chi connectivity index (χ0v) is 17.9. The molecule has 1 unspecified atom stereocenters. The number of hydrogen-bond donors (Lipinski definition) is 2. The van der Waals surface area contributed by atoms with Crippen LogP contribution < -0.4 is 10.6 Å². The highest BCUT2D eigenvalue weighted by atomic mass is 35.5. The third-order valence-electron chi connectivity index (χ3n) is 5.16. The van der Waals surface area contributed by atoms with Crippen LogP contribution in [0.4, 0.5) is 16.2 Å². The van der Waals surface area contributed by atoms with Gasteiger partial charge in [-0.1, -0.05) is 49.7 Å². The van der Waals surface area contributed by atoms with Crippen LogP contribution in [-0.4, -0.2) is 34.2 Å². The van der Waals surface area contributed by atoms with Crippen LogP contribution in [0.2, 0.25) is 5.02 Å². The maximum Gasteiger partial charge on any atom is 0.325 e. The Morgan fingerprint density at radius 1 is 1.23 bits per heavy atom. The van der Waals surface area contributed by atoms with Crippen LogP contribution in [0.1, 0.15) is 37.8 Å². The zero-order valence-electron chi connectivity index (χ0n) is 17.1. The van der Waals surface area contributed by atoms with Crippen LogP contribution >= 0.6 is 11.6 Å². The van der Waals surface area contributed by atoms with E-state index in [9.17, 15) is 24.5 Å². The van der Waals surface area contributed by atoms with Crippen molar-refractivity contribution in [1.29, 1.82) is 0 Å². The predicted molar refractivity (Wildman–Crippen MR) is 115 cm³/mol. The first-order chi connectivity index (χ1) is 14.5. The van der Waals surface area contributed by atoms with Gasteiger partial charge in [-0.25, -0.2) is 4.79 Å². The molecule has 0 spiro atoms. The summed E-state index contributed by atoms with van der Waals surface area (Å²) >= 11 is 5.76. The van der Waals surface area contributed by atoms with Gasteiger partial charge >= 0.3 is 6.03 Å². The molecule has 162 valence electrons. The zero-order chi connectivity index (χ0) is 22.9. The van der Waals surface area contributed by atoms with Crippen molar-refractivity contribution < 1.29 is 19.3 Å². The minimum atomic E-state index is -1.30. The number of carbonyl (C=O) groups excluding carboxylic acids is 3. The second kappa shape index (κ2) is 8.35. The van der Waals surface area contributed by atoms with Gasteiger partial charge < -0.3 is 10.6 Å². The summed E-state index contributed by atoms with van der Waals surface area (Å²) in [6.45, 7) is 5.14. The van der Waals surface area contributed by atoms with E-state index in [0.717, 1.165) is 16.5 Å². The summed E-state index contributed by atoms with van der Waals surface area (Å²) in [7, 11) is 0. The van der Waals surface area contributed by atoms with Crippen molar-refractivity contribution >= 4 is 40.8 Å². The number of nitrogens with one attached hydrogen (secondary N) is 2. The Morgan fingerprint density at radius 3 is 2.45 bits per heavy atom. The minimum absolute atomic E-state index is 0.0728. The van der Waals surface area contributed by atoms with E-state index in [1.165, 1.54) is 12.1 Å². The number of urea groups is 1. The molecule has 1 fully saturated rings. The van der Waals surface area contributed by atoms with Crippen LogP contribution in [0, 0.1) is 10.1 Å². The fourth-order valence-electron chi connectivity index (χ4n) is 3.31. The third-order valence-corrected chi connectivity index (χ3v) is 5.48. The largest absolute Gasteiger partial charge is 0.325 e. The number of rotatable bonds is 6. The smallest absolute Gasteiger partial charge is 0.324 e. The molecule has 2 N–H and O–H groups in total. The SMILES string of the molecule is CC(C)c1ccc(C2(C)NC(=O)N(CC(=O)Nc3ccc(Cl)c([N+](=O)[O-])c3)C2=O)cc1. The summed E-state index contributed by atoms with van der Waals surface area (Å²) in [6.07, 6.45) is 0. The number of hydrogen-bond acceptors (Lipinski definition) is 5. The van der Waals surface area contributed by atoms with Crippen molar-refractivity contribution in [2.45, 2.75) is 32.2 Å². The van der Waals surface area contributed by atoms with E-state index >= 15 is 0 Å². The molecular weight excluding hydrogens is 424 g/mol.